The second-order valence-corrected chi connectivity index (χ2v) is 6.22. The van der Waals surface area contributed by atoms with Crippen LogP contribution >= 0.6 is 0 Å². The summed E-state index contributed by atoms with van der Waals surface area (Å²) < 4.78 is 10.5. The maximum Gasteiger partial charge on any atom is 0.349 e. The van der Waals surface area contributed by atoms with Crippen LogP contribution in [0.25, 0.3) is 22.3 Å². The molecule has 0 fully saturated rings. The first-order valence-corrected chi connectivity index (χ1v) is 8.44. The van der Waals surface area contributed by atoms with Gasteiger partial charge in [0.1, 0.15) is 16.8 Å². The predicted molar refractivity (Wildman–Crippen MR) is 100 cm³/mol. The fourth-order valence-electron chi connectivity index (χ4n) is 2.74. The third-order valence-electron chi connectivity index (χ3n) is 4.21. The van der Waals surface area contributed by atoms with Crippen LogP contribution in [0.4, 0.5) is 0 Å². The van der Waals surface area contributed by atoms with E-state index in [1.807, 2.05) is 37.3 Å². The molecule has 0 unspecified atom stereocenters. The lowest BCUT2D eigenvalue weighted by Crippen LogP contribution is -2.27. The molecular formula is C21H16N2O4. The molecule has 0 spiro atoms. The third-order valence-corrected chi connectivity index (χ3v) is 4.21. The smallest absolute Gasteiger partial charge is 0.349 e. The number of para-hydroxylation sites is 1. The molecule has 2 aromatic heterocycles. The number of rotatable bonds is 4. The number of aromatic nitrogens is 1. The number of carbonyl (C=O) groups is 1. The average molecular weight is 360 g/mol. The van der Waals surface area contributed by atoms with E-state index in [1.54, 1.807) is 24.3 Å². The summed E-state index contributed by atoms with van der Waals surface area (Å²) in [6.45, 7) is 2.15. The molecule has 0 aliphatic rings. The third kappa shape index (κ3) is 3.50. The lowest BCUT2D eigenvalue weighted by Gasteiger charge is -2.03. The van der Waals surface area contributed by atoms with Gasteiger partial charge in [0.25, 0.3) is 5.91 Å². The van der Waals surface area contributed by atoms with Crippen LogP contribution in [0.1, 0.15) is 21.6 Å². The molecule has 1 N–H and O–H groups in total. The molecule has 27 heavy (non-hydrogen) atoms. The number of fused-ring (bicyclic) bond motifs is 1. The van der Waals surface area contributed by atoms with Gasteiger partial charge in [-0.05, 0) is 19.1 Å². The minimum atomic E-state index is -0.674. The summed E-state index contributed by atoms with van der Waals surface area (Å²) in [7, 11) is 0. The van der Waals surface area contributed by atoms with Crippen molar-refractivity contribution >= 4 is 16.9 Å². The van der Waals surface area contributed by atoms with Gasteiger partial charge in [0.15, 0.2) is 5.76 Å². The summed E-state index contributed by atoms with van der Waals surface area (Å²) in [6.07, 6.45) is 0. The summed E-state index contributed by atoms with van der Waals surface area (Å²) >= 11 is 0. The molecule has 4 rings (SSSR count). The minimum absolute atomic E-state index is 0.0454. The zero-order valence-corrected chi connectivity index (χ0v) is 14.6. The average Bonchev–Trinajstić information content (AvgIpc) is 3.15. The highest BCUT2D eigenvalue weighted by atomic mass is 16.5. The number of amides is 1. The van der Waals surface area contributed by atoms with E-state index in [9.17, 15) is 9.59 Å². The van der Waals surface area contributed by atoms with Crippen molar-refractivity contribution in [2.24, 2.45) is 0 Å². The summed E-state index contributed by atoms with van der Waals surface area (Å²) in [4.78, 5) is 24.4. The van der Waals surface area contributed by atoms with Gasteiger partial charge in [-0.2, -0.15) is 0 Å². The number of nitrogens with one attached hydrogen (secondary N) is 1. The molecule has 0 radical (unpaired) electrons. The van der Waals surface area contributed by atoms with E-state index < -0.39 is 11.5 Å². The molecule has 0 aliphatic heterocycles. The normalized spacial score (nSPS) is 10.9. The Bertz CT molecular complexity index is 1170. The SMILES string of the molecule is Cc1ccc(-c2cc(CNC(=O)c3cc4ccccc4oc3=O)no2)cc1. The molecule has 0 aliphatic carbocycles. The Balaban J connectivity index is 1.49. The molecule has 2 aromatic carbocycles. The highest BCUT2D eigenvalue weighted by molar-refractivity contribution is 5.96. The van der Waals surface area contributed by atoms with E-state index in [0.29, 0.717) is 22.4 Å². The fourth-order valence-corrected chi connectivity index (χ4v) is 2.74. The van der Waals surface area contributed by atoms with Crippen molar-refractivity contribution in [2.45, 2.75) is 13.5 Å². The first kappa shape index (κ1) is 16.8. The molecule has 6 nitrogen and oxygen atoms in total. The van der Waals surface area contributed by atoms with Crippen LogP contribution in [-0.4, -0.2) is 11.1 Å². The molecule has 0 atom stereocenters. The van der Waals surface area contributed by atoms with E-state index >= 15 is 0 Å². The zero-order chi connectivity index (χ0) is 18.8. The molecule has 0 saturated heterocycles. The Morgan fingerprint density at radius 2 is 1.85 bits per heavy atom. The van der Waals surface area contributed by atoms with E-state index in [-0.39, 0.29) is 12.1 Å². The van der Waals surface area contributed by atoms with Crippen molar-refractivity contribution < 1.29 is 13.7 Å². The highest BCUT2D eigenvalue weighted by Crippen LogP contribution is 2.20. The largest absolute Gasteiger partial charge is 0.422 e. The van der Waals surface area contributed by atoms with Crippen molar-refractivity contribution in [3.05, 3.63) is 87.9 Å². The number of hydrogen-bond acceptors (Lipinski definition) is 5. The van der Waals surface area contributed by atoms with Gasteiger partial charge in [0, 0.05) is 17.0 Å². The summed E-state index contributed by atoms with van der Waals surface area (Å²) in [6, 6.07) is 18.2. The van der Waals surface area contributed by atoms with Gasteiger partial charge in [0.05, 0.1) is 6.54 Å². The Labute approximate surface area is 154 Å². The number of hydrogen-bond donors (Lipinski definition) is 1. The van der Waals surface area contributed by atoms with Gasteiger partial charge in [-0.15, -0.1) is 0 Å². The van der Waals surface area contributed by atoms with Crippen LogP contribution in [0.15, 0.2) is 74.4 Å². The second-order valence-electron chi connectivity index (χ2n) is 6.22. The molecular weight excluding hydrogens is 344 g/mol. The van der Waals surface area contributed by atoms with Crippen LogP contribution in [0.2, 0.25) is 0 Å². The Kier molecular flexibility index (Phi) is 4.30. The first-order chi connectivity index (χ1) is 13.1. The highest BCUT2D eigenvalue weighted by Gasteiger charge is 2.14. The zero-order valence-electron chi connectivity index (χ0n) is 14.6. The number of benzene rings is 2. The lowest BCUT2D eigenvalue weighted by molar-refractivity contribution is 0.0946. The molecule has 2 heterocycles. The van der Waals surface area contributed by atoms with Crippen molar-refractivity contribution in [2.75, 3.05) is 0 Å². The summed E-state index contributed by atoms with van der Waals surface area (Å²) in [5, 5.41) is 7.32. The molecule has 6 heteroatoms. The van der Waals surface area contributed by atoms with Gasteiger partial charge >= 0.3 is 5.63 Å². The van der Waals surface area contributed by atoms with Gasteiger partial charge in [-0.1, -0.05) is 53.2 Å². The van der Waals surface area contributed by atoms with Crippen LogP contribution in [0.5, 0.6) is 0 Å². The second kappa shape index (κ2) is 6.92. The standard InChI is InChI=1S/C21H16N2O4/c1-13-6-8-14(9-7-13)19-11-16(23-27-19)12-22-20(24)17-10-15-4-2-3-5-18(15)26-21(17)25/h2-11H,12H2,1H3,(H,22,24). The quantitative estimate of drug-likeness (QED) is 0.561. The van der Waals surface area contributed by atoms with Gasteiger partial charge in [-0.3, -0.25) is 4.79 Å². The fraction of sp³-hybridized carbons (Fsp3) is 0.0952. The van der Waals surface area contributed by atoms with Crippen molar-refractivity contribution in [3.63, 3.8) is 0 Å². The van der Waals surface area contributed by atoms with E-state index in [0.717, 1.165) is 11.1 Å². The van der Waals surface area contributed by atoms with Crippen LogP contribution < -0.4 is 10.9 Å². The molecule has 0 bridgehead atoms. The number of aryl methyl sites for hydroxylation is 1. The topological polar surface area (TPSA) is 85.3 Å². The van der Waals surface area contributed by atoms with Gasteiger partial charge in [0.2, 0.25) is 0 Å². The van der Waals surface area contributed by atoms with Gasteiger partial charge in [-0.25, -0.2) is 4.79 Å². The Morgan fingerprint density at radius 3 is 2.67 bits per heavy atom. The molecule has 134 valence electrons. The lowest BCUT2D eigenvalue weighted by atomic mass is 10.1. The van der Waals surface area contributed by atoms with E-state index in [1.165, 1.54) is 6.07 Å². The van der Waals surface area contributed by atoms with Crippen molar-refractivity contribution in [3.8, 4) is 11.3 Å². The molecule has 0 saturated carbocycles. The van der Waals surface area contributed by atoms with E-state index in [2.05, 4.69) is 10.5 Å². The predicted octanol–water partition coefficient (Wildman–Crippen LogP) is 3.69. The number of nitrogens with zero attached hydrogens (tertiary/aromatic N) is 1. The van der Waals surface area contributed by atoms with Crippen molar-refractivity contribution in [1.82, 2.24) is 10.5 Å². The van der Waals surface area contributed by atoms with Gasteiger partial charge < -0.3 is 14.3 Å². The maximum atomic E-state index is 12.4. The first-order valence-electron chi connectivity index (χ1n) is 8.44. The van der Waals surface area contributed by atoms with Crippen LogP contribution in [-0.2, 0) is 6.54 Å². The van der Waals surface area contributed by atoms with Crippen LogP contribution in [0, 0.1) is 6.92 Å². The van der Waals surface area contributed by atoms with Crippen LogP contribution in [0.3, 0.4) is 0 Å². The Morgan fingerprint density at radius 1 is 1.07 bits per heavy atom. The molecule has 4 aromatic rings. The minimum Gasteiger partial charge on any atom is -0.422 e. The van der Waals surface area contributed by atoms with E-state index in [4.69, 9.17) is 8.94 Å². The molecule has 1 amide bonds. The monoisotopic (exact) mass is 360 g/mol. The summed E-state index contributed by atoms with van der Waals surface area (Å²) in [5.74, 6) is 0.0962. The maximum absolute atomic E-state index is 12.4. The summed E-state index contributed by atoms with van der Waals surface area (Å²) in [5.41, 5.74) is 2.34. The number of carbonyl (C=O) groups excluding carboxylic acids is 1. The van der Waals surface area contributed by atoms with Crippen molar-refractivity contribution in [1.29, 1.82) is 0 Å². The Hall–Kier alpha value is -3.67.